The Kier molecular flexibility index (Phi) is 4.14. The second kappa shape index (κ2) is 5.64. The first kappa shape index (κ1) is 13.9. The van der Waals surface area contributed by atoms with Crippen molar-refractivity contribution in [3.8, 4) is 0 Å². The Labute approximate surface area is 112 Å². The molecule has 0 aliphatic heterocycles. The highest BCUT2D eigenvalue weighted by atomic mass is 32.2. The lowest BCUT2D eigenvalue weighted by Crippen LogP contribution is -2.34. The predicted molar refractivity (Wildman–Crippen MR) is 75.2 cm³/mol. The largest absolute Gasteiger partial charge is 0.330 e. The molecule has 0 amide bonds. The van der Waals surface area contributed by atoms with Gasteiger partial charge < -0.3 is 5.73 Å². The maximum atomic E-state index is 12.4. The van der Waals surface area contributed by atoms with Gasteiger partial charge in [-0.2, -0.15) is 0 Å². The lowest BCUT2D eigenvalue weighted by Gasteiger charge is -2.14. The van der Waals surface area contributed by atoms with Crippen molar-refractivity contribution in [3.63, 3.8) is 0 Å². The third kappa shape index (κ3) is 3.09. The van der Waals surface area contributed by atoms with E-state index >= 15 is 0 Å². The van der Waals surface area contributed by atoms with E-state index in [1.807, 2.05) is 6.07 Å². The molecule has 0 aliphatic carbocycles. The van der Waals surface area contributed by atoms with Gasteiger partial charge in [-0.3, -0.25) is 4.98 Å². The number of nitrogens with zero attached hydrogens (tertiary/aromatic N) is 1. The van der Waals surface area contributed by atoms with Crippen LogP contribution >= 0.6 is 0 Å². The van der Waals surface area contributed by atoms with Gasteiger partial charge in [0.25, 0.3) is 0 Å². The van der Waals surface area contributed by atoms with Crippen molar-refractivity contribution in [1.82, 2.24) is 9.71 Å². The summed E-state index contributed by atoms with van der Waals surface area (Å²) in [6.45, 7) is 2.25. The molecule has 1 aromatic heterocycles. The number of nitrogens with two attached hydrogens (primary N) is 1. The summed E-state index contributed by atoms with van der Waals surface area (Å²) in [5.41, 5.74) is 5.43. The summed E-state index contributed by atoms with van der Waals surface area (Å²) in [5.74, 6) is 0. The first-order valence-corrected chi connectivity index (χ1v) is 7.58. The van der Waals surface area contributed by atoms with E-state index in [0.717, 1.165) is 5.39 Å². The Hall–Kier alpha value is -1.50. The van der Waals surface area contributed by atoms with Gasteiger partial charge in [0, 0.05) is 29.2 Å². The zero-order chi connectivity index (χ0) is 13.9. The van der Waals surface area contributed by atoms with Gasteiger partial charge in [-0.1, -0.05) is 12.1 Å². The van der Waals surface area contributed by atoms with Crippen LogP contribution in [-0.2, 0) is 10.0 Å². The molecule has 0 aliphatic rings. The molecule has 0 spiro atoms. The fourth-order valence-electron chi connectivity index (χ4n) is 1.96. The number of sulfonamides is 1. The van der Waals surface area contributed by atoms with Crippen LogP contribution in [-0.4, -0.2) is 26.0 Å². The van der Waals surface area contributed by atoms with Gasteiger partial charge in [-0.05, 0) is 32.0 Å². The van der Waals surface area contributed by atoms with Crippen molar-refractivity contribution in [2.24, 2.45) is 5.73 Å². The molecule has 2 rings (SSSR count). The van der Waals surface area contributed by atoms with E-state index in [4.69, 9.17) is 5.73 Å². The standard InChI is InChI=1S/C13H17N3O2S/c1-10(5-7-14)16-19(17,18)13-4-2-3-11-9-15-8-6-12(11)13/h2-4,6,8-10,16H,5,7,14H2,1H3. The Bertz CT molecular complexity index is 665. The molecule has 1 aromatic carbocycles. The van der Waals surface area contributed by atoms with Crippen LogP contribution in [0.25, 0.3) is 10.8 Å². The summed E-state index contributed by atoms with van der Waals surface area (Å²) < 4.78 is 27.4. The van der Waals surface area contributed by atoms with Gasteiger partial charge in [0.1, 0.15) is 0 Å². The Morgan fingerprint density at radius 3 is 2.89 bits per heavy atom. The molecule has 0 bridgehead atoms. The zero-order valence-corrected chi connectivity index (χ0v) is 11.5. The highest BCUT2D eigenvalue weighted by molar-refractivity contribution is 7.89. The number of pyridine rings is 1. The van der Waals surface area contributed by atoms with Gasteiger partial charge in [0.05, 0.1) is 4.90 Å². The first-order valence-electron chi connectivity index (χ1n) is 6.10. The maximum absolute atomic E-state index is 12.4. The molecular formula is C13H17N3O2S. The molecule has 1 atom stereocenters. The third-order valence-electron chi connectivity index (χ3n) is 2.89. The van der Waals surface area contributed by atoms with Crippen LogP contribution in [0.5, 0.6) is 0 Å². The number of fused-ring (bicyclic) bond motifs is 1. The van der Waals surface area contributed by atoms with E-state index in [2.05, 4.69) is 9.71 Å². The van der Waals surface area contributed by atoms with Crippen LogP contribution in [0.1, 0.15) is 13.3 Å². The van der Waals surface area contributed by atoms with Crippen molar-refractivity contribution >= 4 is 20.8 Å². The van der Waals surface area contributed by atoms with Crippen LogP contribution in [0.2, 0.25) is 0 Å². The van der Waals surface area contributed by atoms with E-state index < -0.39 is 10.0 Å². The molecule has 0 radical (unpaired) electrons. The lowest BCUT2D eigenvalue weighted by molar-refractivity contribution is 0.550. The topological polar surface area (TPSA) is 85.1 Å². The lowest BCUT2D eigenvalue weighted by atomic mass is 10.2. The molecule has 3 N–H and O–H groups in total. The van der Waals surface area contributed by atoms with E-state index in [0.29, 0.717) is 18.4 Å². The van der Waals surface area contributed by atoms with Gasteiger partial charge >= 0.3 is 0 Å². The number of rotatable bonds is 5. The summed E-state index contributed by atoms with van der Waals surface area (Å²) in [7, 11) is -3.54. The minimum atomic E-state index is -3.54. The summed E-state index contributed by atoms with van der Waals surface area (Å²) in [4.78, 5) is 4.27. The van der Waals surface area contributed by atoms with E-state index in [1.54, 1.807) is 37.5 Å². The van der Waals surface area contributed by atoms with Gasteiger partial charge in [0.2, 0.25) is 10.0 Å². The number of nitrogens with one attached hydrogen (secondary N) is 1. The van der Waals surface area contributed by atoms with Crippen molar-refractivity contribution in [1.29, 1.82) is 0 Å². The molecule has 6 heteroatoms. The molecular weight excluding hydrogens is 262 g/mol. The molecule has 0 saturated carbocycles. The molecule has 1 unspecified atom stereocenters. The molecule has 2 aromatic rings. The van der Waals surface area contributed by atoms with Crippen molar-refractivity contribution in [2.75, 3.05) is 6.54 Å². The number of hydrogen-bond acceptors (Lipinski definition) is 4. The summed E-state index contributed by atoms with van der Waals surface area (Å²) >= 11 is 0. The van der Waals surface area contributed by atoms with Crippen molar-refractivity contribution in [2.45, 2.75) is 24.3 Å². The smallest absolute Gasteiger partial charge is 0.241 e. The zero-order valence-electron chi connectivity index (χ0n) is 10.7. The number of aromatic nitrogens is 1. The van der Waals surface area contributed by atoms with Crippen LogP contribution in [0.15, 0.2) is 41.6 Å². The summed E-state index contributed by atoms with van der Waals surface area (Å²) in [5, 5.41) is 1.47. The summed E-state index contributed by atoms with van der Waals surface area (Å²) in [6.07, 6.45) is 3.84. The van der Waals surface area contributed by atoms with Crippen LogP contribution < -0.4 is 10.5 Å². The molecule has 102 valence electrons. The fourth-order valence-corrected chi connectivity index (χ4v) is 3.47. The molecule has 1 heterocycles. The normalized spacial score (nSPS) is 13.6. The second-order valence-electron chi connectivity index (χ2n) is 4.45. The predicted octanol–water partition coefficient (Wildman–Crippen LogP) is 1.25. The minimum absolute atomic E-state index is 0.188. The van der Waals surface area contributed by atoms with Crippen LogP contribution in [0.4, 0.5) is 0 Å². The SMILES string of the molecule is CC(CCN)NS(=O)(=O)c1cccc2cnccc12. The first-order chi connectivity index (χ1) is 9.04. The fraction of sp³-hybridized carbons (Fsp3) is 0.308. The quantitative estimate of drug-likeness (QED) is 0.862. The van der Waals surface area contributed by atoms with E-state index in [-0.39, 0.29) is 10.9 Å². The van der Waals surface area contributed by atoms with E-state index in [1.165, 1.54) is 0 Å². The van der Waals surface area contributed by atoms with E-state index in [9.17, 15) is 8.42 Å². The summed E-state index contributed by atoms with van der Waals surface area (Å²) in [6, 6.07) is 6.67. The van der Waals surface area contributed by atoms with Crippen molar-refractivity contribution in [3.05, 3.63) is 36.7 Å². The molecule has 5 nitrogen and oxygen atoms in total. The minimum Gasteiger partial charge on any atom is -0.330 e. The van der Waals surface area contributed by atoms with Gasteiger partial charge in [-0.25, -0.2) is 13.1 Å². The molecule has 0 saturated heterocycles. The third-order valence-corrected chi connectivity index (χ3v) is 4.53. The maximum Gasteiger partial charge on any atom is 0.241 e. The second-order valence-corrected chi connectivity index (χ2v) is 6.14. The van der Waals surface area contributed by atoms with Crippen molar-refractivity contribution < 1.29 is 8.42 Å². The van der Waals surface area contributed by atoms with Gasteiger partial charge in [0.15, 0.2) is 0 Å². The number of hydrogen-bond donors (Lipinski definition) is 2. The highest BCUT2D eigenvalue weighted by Gasteiger charge is 2.19. The van der Waals surface area contributed by atoms with Crippen LogP contribution in [0, 0.1) is 0 Å². The molecule has 0 fully saturated rings. The monoisotopic (exact) mass is 279 g/mol. The Morgan fingerprint density at radius 1 is 1.37 bits per heavy atom. The molecule has 19 heavy (non-hydrogen) atoms. The Balaban J connectivity index is 2.43. The average molecular weight is 279 g/mol. The number of benzene rings is 1. The van der Waals surface area contributed by atoms with Crippen LogP contribution in [0.3, 0.4) is 0 Å². The Morgan fingerprint density at radius 2 is 2.16 bits per heavy atom. The highest BCUT2D eigenvalue weighted by Crippen LogP contribution is 2.22. The average Bonchev–Trinajstić information content (AvgIpc) is 2.37. The van der Waals surface area contributed by atoms with Gasteiger partial charge in [-0.15, -0.1) is 0 Å².